The number of benzene rings is 1. The molecule has 1 aromatic carbocycles. The van der Waals surface area contributed by atoms with Gasteiger partial charge in [-0.3, -0.25) is 0 Å². The third-order valence-electron chi connectivity index (χ3n) is 2.63. The Balaban J connectivity index is 1.99. The number of aromatic nitrogens is 3. The average Bonchev–Trinajstić information content (AvgIpc) is 2.90. The van der Waals surface area contributed by atoms with Gasteiger partial charge in [0.25, 0.3) is 0 Å². The van der Waals surface area contributed by atoms with Crippen molar-refractivity contribution >= 4 is 21.4 Å². The second-order valence-corrected chi connectivity index (χ2v) is 4.65. The predicted octanol–water partition coefficient (Wildman–Crippen LogP) is 3.29. The van der Waals surface area contributed by atoms with Crippen LogP contribution in [0.25, 0.3) is 5.52 Å². The van der Waals surface area contributed by atoms with Crippen LogP contribution in [0.2, 0.25) is 0 Å². The van der Waals surface area contributed by atoms with Gasteiger partial charge in [0.2, 0.25) is 5.88 Å². The van der Waals surface area contributed by atoms with Crippen LogP contribution in [0.1, 0.15) is 0 Å². The molecule has 3 rings (SSSR count). The van der Waals surface area contributed by atoms with E-state index in [2.05, 4.69) is 26.0 Å². The van der Waals surface area contributed by atoms with E-state index in [1.54, 1.807) is 30.2 Å². The van der Waals surface area contributed by atoms with Gasteiger partial charge < -0.3 is 9.47 Å². The molecule has 0 aliphatic rings. The van der Waals surface area contributed by atoms with E-state index in [1.165, 1.54) is 0 Å². The monoisotopic (exact) mass is 319 g/mol. The lowest BCUT2D eigenvalue weighted by atomic mass is 10.3. The van der Waals surface area contributed by atoms with Crippen molar-refractivity contribution in [2.45, 2.75) is 0 Å². The molecule has 2 aromatic heterocycles. The summed E-state index contributed by atoms with van der Waals surface area (Å²) in [5.41, 5.74) is 0.810. The van der Waals surface area contributed by atoms with Crippen LogP contribution >= 0.6 is 15.9 Å². The zero-order valence-corrected chi connectivity index (χ0v) is 11.7. The quantitative estimate of drug-likeness (QED) is 0.743. The van der Waals surface area contributed by atoms with E-state index in [-0.39, 0.29) is 0 Å². The van der Waals surface area contributed by atoms with E-state index in [4.69, 9.17) is 9.47 Å². The van der Waals surface area contributed by atoms with Crippen LogP contribution in [-0.4, -0.2) is 21.7 Å². The molecule has 0 saturated heterocycles. The van der Waals surface area contributed by atoms with Crippen molar-refractivity contribution in [3.05, 3.63) is 47.3 Å². The Morgan fingerprint density at radius 1 is 1.21 bits per heavy atom. The van der Waals surface area contributed by atoms with Gasteiger partial charge in [0.05, 0.1) is 17.8 Å². The second-order valence-electron chi connectivity index (χ2n) is 3.79. The van der Waals surface area contributed by atoms with Gasteiger partial charge in [-0.25, -0.2) is 9.50 Å². The van der Waals surface area contributed by atoms with Gasteiger partial charge in [-0.1, -0.05) is 0 Å². The molecule has 0 bridgehead atoms. The topological polar surface area (TPSA) is 48.7 Å². The van der Waals surface area contributed by atoms with Gasteiger partial charge in [0.15, 0.2) is 0 Å². The average molecular weight is 320 g/mol. The molecule has 0 N–H and O–H groups in total. The Morgan fingerprint density at radius 3 is 2.89 bits per heavy atom. The summed E-state index contributed by atoms with van der Waals surface area (Å²) in [4.78, 5) is 4.22. The number of halogens is 1. The Kier molecular flexibility index (Phi) is 3.08. The first-order valence-electron chi connectivity index (χ1n) is 5.57. The minimum atomic E-state index is 0.505. The van der Waals surface area contributed by atoms with E-state index in [0.29, 0.717) is 11.6 Å². The van der Waals surface area contributed by atoms with Crippen LogP contribution < -0.4 is 9.47 Å². The summed E-state index contributed by atoms with van der Waals surface area (Å²) in [6.07, 6.45) is 5.12. The minimum Gasteiger partial charge on any atom is -0.497 e. The molecular formula is C13H10BrN3O2. The third kappa shape index (κ3) is 2.26. The van der Waals surface area contributed by atoms with Gasteiger partial charge in [-0.05, 0) is 40.2 Å². The van der Waals surface area contributed by atoms with Crippen molar-refractivity contribution in [3.63, 3.8) is 0 Å². The van der Waals surface area contributed by atoms with Crippen molar-refractivity contribution in [2.24, 2.45) is 0 Å². The van der Waals surface area contributed by atoms with Crippen LogP contribution in [0.5, 0.6) is 17.4 Å². The van der Waals surface area contributed by atoms with Crippen LogP contribution in [-0.2, 0) is 0 Å². The van der Waals surface area contributed by atoms with Gasteiger partial charge >= 0.3 is 0 Å². The molecule has 0 aliphatic heterocycles. The molecule has 3 aromatic rings. The lowest BCUT2D eigenvalue weighted by Gasteiger charge is -2.09. The Bertz CT molecular complexity index is 727. The molecule has 0 fully saturated rings. The van der Waals surface area contributed by atoms with Crippen LogP contribution in [0.4, 0.5) is 0 Å². The highest BCUT2D eigenvalue weighted by molar-refractivity contribution is 9.10. The molecule has 0 amide bonds. The third-order valence-corrected chi connectivity index (χ3v) is 3.25. The van der Waals surface area contributed by atoms with Crippen molar-refractivity contribution in [3.8, 4) is 17.4 Å². The zero-order valence-electron chi connectivity index (χ0n) is 10.1. The summed E-state index contributed by atoms with van der Waals surface area (Å²) in [7, 11) is 1.62. The molecule has 6 heteroatoms. The van der Waals surface area contributed by atoms with E-state index >= 15 is 0 Å². The molecule has 0 atom stereocenters. The van der Waals surface area contributed by atoms with E-state index in [9.17, 15) is 0 Å². The summed E-state index contributed by atoms with van der Waals surface area (Å²) in [6, 6.07) is 7.34. The molecule has 0 aliphatic carbocycles. The Labute approximate surface area is 117 Å². The van der Waals surface area contributed by atoms with Crippen molar-refractivity contribution in [2.75, 3.05) is 7.11 Å². The van der Waals surface area contributed by atoms with Gasteiger partial charge in [-0.2, -0.15) is 5.10 Å². The smallest absolute Gasteiger partial charge is 0.245 e. The number of nitrogens with zero attached hydrogens (tertiary/aromatic N) is 3. The zero-order chi connectivity index (χ0) is 13.2. The van der Waals surface area contributed by atoms with Crippen molar-refractivity contribution < 1.29 is 9.47 Å². The molecule has 5 nitrogen and oxygen atoms in total. The largest absolute Gasteiger partial charge is 0.497 e. The number of ether oxygens (including phenoxy) is 2. The summed E-state index contributed by atoms with van der Waals surface area (Å²) in [6.45, 7) is 0. The number of rotatable bonds is 3. The Hall–Kier alpha value is -2.08. The number of hydrogen-bond donors (Lipinski definition) is 0. The minimum absolute atomic E-state index is 0.505. The molecule has 19 heavy (non-hydrogen) atoms. The SMILES string of the molecule is COc1ccc(Oc2nccn3nccc23)c(Br)c1. The van der Waals surface area contributed by atoms with E-state index < -0.39 is 0 Å². The highest BCUT2D eigenvalue weighted by atomic mass is 79.9. The molecular weight excluding hydrogens is 310 g/mol. The second kappa shape index (κ2) is 4.89. The molecule has 0 unspecified atom stereocenters. The fourth-order valence-corrected chi connectivity index (χ4v) is 2.15. The maximum absolute atomic E-state index is 5.81. The first kappa shape index (κ1) is 12.0. The summed E-state index contributed by atoms with van der Waals surface area (Å²) >= 11 is 3.45. The van der Waals surface area contributed by atoms with Gasteiger partial charge in [-0.15, -0.1) is 0 Å². The number of hydrogen-bond acceptors (Lipinski definition) is 4. The van der Waals surface area contributed by atoms with Crippen molar-refractivity contribution in [1.29, 1.82) is 0 Å². The Morgan fingerprint density at radius 2 is 2.11 bits per heavy atom. The number of methoxy groups -OCH3 is 1. The van der Waals surface area contributed by atoms with Crippen LogP contribution in [0.15, 0.2) is 47.3 Å². The molecule has 0 saturated carbocycles. The molecule has 0 spiro atoms. The molecule has 2 heterocycles. The summed E-state index contributed by atoms with van der Waals surface area (Å²) in [5, 5.41) is 4.14. The summed E-state index contributed by atoms with van der Waals surface area (Å²) in [5.74, 6) is 1.93. The standard InChI is InChI=1S/C13H10BrN3O2/c1-18-9-2-3-12(10(14)8-9)19-13-11-4-5-16-17(11)7-6-15-13/h2-8H,1H3. The maximum Gasteiger partial charge on any atom is 0.245 e. The fraction of sp³-hybridized carbons (Fsp3) is 0.0769. The lowest BCUT2D eigenvalue weighted by molar-refractivity contribution is 0.411. The van der Waals surface area contributed by atoms with E-state index in [1.807, 2.05) is 24.3 Å². The molecule has 0 radical (unpaired) electrons. The van der Waals surface area contributed by atoms with E-state index in [0.717, 1.165) is 15.7 Å². The predicted molar refractivity (Wildman–Crippen MR) is 73.8 cm³/mol. The number of fused-ring (bicyclic) bond motifs is 1. The van der Waals surface area contributed by atoms with Crippen LogP contribution in [0, 0.1) is 0 Å². The normalized spacial score (nSPS) is 10.6. The fourth-order valence-electron chi connectivity index (χ4n) is 1.71. The maximum atomic E-state index is 5.81. The van der Waals surface area contributed by atoms with Crippen molar-refractivity contribution in [1.82, 2.24) is 14.6 Å². The highest BCUT2D eigenvalue weighted by Crippen LogP contribution is 2.33. The lowest BCUT2D eigenvalue weighted by Crippen LogP contribution is -1.94. The first-order valence-corrected chi connectivity index (χ1v) is 6.37. The van der Waals surface area contributed by atoms with Crippen LogP contribution in [0.3, 0.4) is 0 Å². The summed E-state index contributed by atoms with van der Waals surface area (Å²) < 4.78 is 13.5. The molecule has 96 valence electrons. The first-order chi connectivity index (χ1) is 9.28. The van der Waals surface area contributed by atoms with Gasteiger partial charge in [0, 0.05) is 12.4 Å². The highest BCUT2D eigenvalue weighted by Gasteiger charge is 2.09. The van der Waals surface area contributed by atoms with Gasteiger partial charge in [0.1, 0.15) is 17.0 Å².